The summed E-state index contributed by atoms with van der Waals surface area (Å²) in [5, 5.41) is 11.6. The average Bonchev–Trinajstić information content (AvgIpc) is 2.80. The molecule has 1 N–H and O–H groups in total. The van der Waals surface area contributed by atoms with E-state index in [1.807, 2.05) is 60.7 Å². The minimum atomic E-state index is -5.91. The molecule has 0 unspecified atom stereocenters. The van der Waals surface area contributed by atoms with Crippen molar-refractivity contribution in [3.8, 4) is 5.75 Å². The zero-order chi connectivity index (χ0) is 24.7. The van der Waals surface area contributed by atoms with Gasteiger partial charge in [0.15, 0.2) is 0 Å². The summed E-state index contributed by atoms with van der Waals surface area (Å²) in [7, 11) is -5.91. The second-order valence-electron chi connectivity index (χ2n) is 7.55. The number of benzene rings is 3. The van der Waals surface area contributed by atoms with Gasteiger partial charge in [-0.2, -0.15) is 21.6 Å². The van der Waals surface area contributed by atoms with Gasteiger partial charge in [0.05, 0.1) is 0 Å². The van der Waals surface area contributed by atoms with Crippen molar-refractivity contribution >= 4 is 22.3 Å². The minimum Gasteiger partial charge on any atom is -0.384 e. The molecule has 0 saturated heterocycles. The number of para-hydroxylation sites is 1. The summed E-state index contributed by atoms with van der Waals surface area (Å²) in [4.78, 5) is 0. The normalized spacial score (nSPS) is 12.9. The Hall–Kier alpha value is -3.36. The highest BCUT2D eigenvalue weighted by molar-refractivity contribution is 7.88. The summed E-state index contributed by atoms with van der Waals surface area (Å²) >= 11 is 0. The molecule has 0 atom stereocenters. The molecule has 0 aliphatic heterocycles. The molecule has 4 nitrogen and oxygen atoms in total. The lowest BCUT2D eigenvalue weighted by Crippen LogP contribution is -2.30. The van der Waals surface area contributed by atoms with Gasteiger partial charge in [-0.25, -0.2) is 0 Å². The molecule has 3 aromatic carbocycles. The zero-order valence-electron chi connectivity index (χ0n) is 18.0. The molecule has 0 spiro atoms. The van der Waals surface area contributed by atoms with Crippen LogP contribution in [-0.2, 0) is 15.7 Å². The molecule has 3 rings (SSSR count). The Labute approximate surface area is 196 Å². The highest BCUT2D eigenvalue weighted by Gasteiger charge is 2.49. The summed E-state index contributed by atoms with van der Waals surface area (Å²) in [6, 6.07) is 23.8. The van der Waals surface area contributed by atoms with Crippen molar-refractivity contribution in [3.63, 3.8) is 0 Å². The van der Waals surface area contributed by atoms with Crippen LogP contribution in [0, 0.1) is 0 Å². The Morgan fingerprint density at radius 3 is 1.65 bits per heavy atom. The fourth-order valence-electron chi connectivity index (χ4n) is 3.30. The van der Waals surface area contributed by atoms with E-state index in [0.717, 1.165) is 17.2 Å². The van der Waals surface area contributed by atoms with Crippen LogP contribution < -0.4 is 4.18 Å². The SMILES string of the molecule is O=S(=O)(Oc1ccccc1C(O)(C/C=C/c1ccccc1)C/C=C/c1ccccc1)C(F)(F)F. The summed E-state index contributed by atoms with van der Waals surface area (Å²) in [6.07, 6.45) is 6.88. The van der Waals surface area contributed by atoms with Gasteiger partial charge in [0.2, 0.25) is 0 Å². The molecule has 3 aromatic rings. The molecule has 8 heteroatoms. The van der Waals surface area contributed by atoms with Gasteiger partial charge in [-0.1, -0.05) is 103 Å². The van der Waals surface area contributed by atoms with E-state index >= 15 is 0 Å². The lowest BCUT2D eigenvalue weighted by Gasteiger charge is -2.28. The van der Waals surface area contributed by atoms with Crippen LogP contribution in [0.15, 0.2) is 97.1 Å². The van der Waals surface area contributed by atoms with Gasteiger partial charge in [0.1, 0.15) is 11.4 Å². The number of rotatable bonds is 9. The second-order valence-corrected chi connectivity index (χ2v) is 9.08. The molecule has 0 aliphatic rings. The number of aliphatic hydroxyl groups is 1. The van der Waals surface area contributed by atoms with Gasteiger partial charge in [0.25, 0.3) is 0 Å². The summed E-state index contributed by atoms with van der Waals surface area (Å²) in [6.45, 7) is 0. The van der Waals surface area contributed by atoms with E-state index in [1.165, 1.54) is 18.2 Å². The molecule has 0 fully saturated rings. The van der Waals surface area contributed by atoms with Crippen LogP contribution in [0.2, 0.25) is 0 Å². The van der Waals surface area contributed by atoms with Crippen LogP contribution in [0.1, 0.15) is 29.5 Å². The fourth-order valence-corrected chi connectivity index (χ4v) is 3.78. The van der Waals surface area contributed by atoms with Gasteiger partial charge >= 0.3 is 15.6 Å². The molecule has 34 heavy (non-hydrogen) atoms. The standard InChI is InChI=1S/C26H23F3O4S/c27-26(28,29)34(31,32)33-24-18-8-7-17-23(24)25(30,19-9-15-21-11-3-1-4-12-21)20-10-16-22-13-5-2-6-14-22/h1-18,30H,19-20H2/b15-9+,16-10+. The Bertz CT molecular complexity index is 1180. The topological polar surface area (TPSA) is 63.6 Å². The van der Waals surface area contributed by atoms with Gasteiger partial charge in [-0.3, -0.25) is 0 Å². The van der Waals surface area contributed by atoms with E-state index in [2.05, 4.69) is 4.18 Å². The van der Waals surface area contributed by atoms with Crippen molar-refractivity contribution in [2.24, 2.45) is 0 Å². The van der Waals surface area contributed by atoms with E-state index in [-0.39, 0.29) is 18.4 Å². The van der Waals surface area contributed by atoms with Crippen LogP contribution in [0.5, 0.6) is 5.75 Å². The van der Waals surface area contributed by atoms with Crippen LogP contribution in [0.3, 0.4) is 0 Å². The second kappa shape index (κ2) is 10.7. The van der Waals surface area contributed by atoms with E-state index in [1.54, 1.807) is 24.3 Å². The monoisotopic (exact) mass is 488 g/mol. The molecular formula is C26H23F3O4S. The van der Waals surface area contributed by atoms with Crippen molar-refractivity contribution in [3.05, 3.63) is 114 Å². The van der Waals surface area contributed by atoms with Crippen molar-refractivity contribution in [2.45, 2.75) is 24.0 Å². The molecule has 0 saturated carbocycles. The third-order valence-corrected chi connectivity index (χ3v) is 5.97. The van der Waals surface area contributed by atoms with E-state index in [9.17, 15) is 26.7 Å². The quantitative estimate of drug-likeness (QED) is 0.283. The Balaban J connectivity index is 1.96. The number of hydrogen-bond donors (Lipinski definition) is 1. The molecule has 0 aromatic heterocycles. The van der Waals surface area contributed by atoms with E-state index in [4.69, 9.17) is 0 Å². The van der Waals surface area contributed by atoms with Gasteiger partial charge in [0, 0.05) is 5.56 Å². The Kier molecular flexibility index (Phi) is 7.96. The lowest BCUT2D eigenvalue weighted by atomic mass is 9.86. The number of hydrogen-bond acceptors (Lipinski definition) is 4. The van der Waals surface area contributed by atoms with Crippen LogP contribution in [0.4, 0.5) is 13.2 Å². The highest BCUT2D eigenvalue weighted by Crippen LogP contribution is 2.38. The summed E-state index contributed by atoms with van der Waals surface area (Å²) < 4.78 is 66.5. The third-order valence-electron chi connectivity index (χ3n) is 5.00. The first-order chi connectivity index (χ1) is 16.1. The van der Waals surface area contributed by atoms with Crippen LogP contribution in [-0.4, -0.2) is 19.0 Å². The van der Waals surface area contributed by atoms with Crippen molar-refractivity contribution in [1.29, 1.82) is 0 Å². The largest absolute Gasteiger partial charge is 0.534 e. The smallest absolute Gasteiger partial charge is 0.384 e. The summed E-state index contributed by atoms with van der Waals surface area (Å²) in [5.74, 6) is -0.580. The fraction of sp³-hybridized carbons (Fsp3) is 0.154. The predicted octanol–water partition coefficient (Wildman–Crippen LogP) is 6.31. The minimum absolute atomic E-state index is 0.00649. The number of alkyl halides is 3. The molecule has 0 aliphatic carbocycles. The van der Waals surface area contributed by atoms with Crippen molar-refractivity contribution < 1.29 is 30.9 Å². The van der Waals surface area contributed by atoms with Gasteiger partial charge in [-0.05, 0) is 30.0 Å². The maximum atomic E-state index is 12.9. The highest BCUT2D eigenvalue weighted by atomic mass is 32.2. The Morgan fingerprint density at radius 2 is 1.18 bits per heavy atom. The zero-order valence-corrected chi connectivity index (χ0v) is 18.8. The molecule has 0 amide bonds. The third kappa shape index (κ3) is 6.59. The van der Waals surface area contributed by atoms with Crippen LogP contribution in [0.25, 0.3) is 12.2 Å². The maximum absolute atomic E-state index is 12.9. The Morgan fingerprint density at radius 1 is 0.735 bits per heavy atom. The molecular weight excluding hydrogens is 465 g/mol. The predicted molar refractivity (Wildman–Crippen MR) is 126 cm³/mol. The van der Waals surface area contributed by atoms with E-state index < -0.39 is 27.0 Å². The van der Waals surface area contributed by atoms with Crippen molar-refractivity contribution in [2.75, 3.05) is 0 Å². The van der Waals surface area contributed by atoms with Gasteiger partial charge < -0.3 is 9.29 Å². The molecule has 178 valence electrons. The molecule has 0 heterocycles. The average molecular weight is 489 g/mol. The van der Waals surface area contributed by atoms with Gasteiger partial charge in [-0.15, -0.1) is 0 Å². The number of halogens is 3. The first-order valence-corrected chi connectivity index (χ1v) is 11.8. The van der Waals surface area contributed by atoms with E-state index in [0.29, 0.717) is 0 Å². The summed E-state index contributed by atoms with van der Waals surface area (Å²) in [5.41, 5.74) is -5.67. The molecule has 0 bridgehead atoms. The maximum Gasteiger partial charge on any atom is 0.534 e. The lowest BCUT2D eigenvalue weighted by molar-refractivity contribution is -0.0502. The first kappa shape index (κ1) is 25.3. The molecule has 0 radical (unpaired) electrons. The first-order valence-electron chi connectivity index (χ1n) is 10.4. The van der Waals surface area contributed by atoms with Crippen molar-refractivity contribution in [1.82, 2.24) is 0 Å². The van der Waals surface area contributed by atoms with Crippen LogP contribution >= 0.6 is 0 Å².